The van der Waals surface area contributed by atoms with Crippen LogP contribution in [0.1, 0.15) is 51.6 Å². The van der Waals surface area contributed by atoms with Crippen LogP contribution in [0.4, 0.5) is 0 Å². The number of nitrogens with one attached hydrogen (secondary N) is 1. The second-order valence-corrected chi connectivity index (χ2v) is 6.31. The van der Waals surface area contributed by atoms with Crippen molar-refractivity contribution >= 4 is 0 Å². The van der Waals surface area contributed by atoms with E-state index < -0.39 is 0 Å². The lowest BCUT2D eigenvalue weighted by Gasteiger charge is -2.31. The van der Waals surface area contributed by atoms with E-state index in [1.807, 2.05) is 0 Å². The highest BCUT2D eigenvalue weighted by molar-refractivity contribution is 5.19. The van der Waals surface area contributed by atoms with E-state index in [2.05, 4.69) is 61.3 Å². The van der Waals surface area contributed by atoms with Crippen LogP contribution < -0.4 is 5.32 Å². The number of likely N-dealkylation sites (tertiary alicyclic amines) is 1. The summed E-state index contributed by atoms with van der Waals surface area (Å²) in [6.45, 7) is 10.6. The van der Waals surface area contributed by atoms with E-state index in [1.165, 1.54) is 37.9 Å². The van der Waals surface area contributed by atoms with Gasteiger partial charge < -0.3 is 10.2 Å². The Balaban J connectivity index is 2.01. The molecule has 1 N–H and O–H groups in total. The van der Waals surface area contributed by atoms with Crippen LogP contribution in [-0.4, -0.2) is 30.6 Å². The number of hydrogen-bond acceptors (Lipinski definition) is 2. The lowest BCUT2D eigenvalue weighted by atomic mass is 9.93. The van der Waals surface area contributed by atoms with Crippen molar-refractivity contribution in [3.8, 4) is 0 Å². The molecule has 0 aromatic heterocycles. The first-order valence-electron chi connectivity index (χ1n) is 8.24. The summed E-state index contributed by atoms with van der Waals surface area (Å²) in [6.07, 6.45) is 3.92. The number of nitrogens with zero attached hydrogens (tertiary/aromatic N) is 1. The fraction of sp³-hybridized carbons (Fsp3) is 0.667. The van der Waals surface area contributed by atoms with E-state index in [1.54, 1.807) is 0 Å². The van der Waals surface area contributed by atoms with Gasteiger partial charge in [0.2, 0.25) is 0 Å². The molecule has 0 saturated carbocycles. The van der Waals surface area contributed by atoms with Gasteiger partial charge >= 0.3 is 0 Å². The summed E-state index contributed by atoms with van der Waals surface area (Å²) < 4.78 is 0. The average Bonchev–Trinajstić information content (AvgIpc) is 2.86. The zero-order valence-corrected chi connectivity index (χ0v) is 13.3. The van der Waals surface area contributed by atoms with Gasteiger partial charge in [0, 0.05) is 18.6 Å². The van der Waals surface area contributed by atoms with Crippen molar-refractivity contribution in [2.45, 2.75) is 52.1 Å². The van der Waals surface area contributed by atoms with Crippen LogP contribution in [0.3, 0.4) is 0 Å². The predicted octanol–water partition coefficient (Wildman–Crippen LogP) is 3.85. The summed E-state index contributed by atoms with van der Waals surface area (Å²) in [5.74, 6) is 0.643. The minimum absolute atomic E-state index is 0.476. The Kier molecular flexibility index (Phi) is 6.06. The maximum Gasteiger partial charge on any atom is 0.0358 e. The molecule has 1 fully saturated rings. The SMILES string of the molecule is CCCNC(c1ccccc1)C(C)CN1CCCC1C. The topological polar surface area (TPSA) is 15.3 Å². The summed E-state index contributed by atoms with van der Waals surface area (Å²) in [5.41, 5.74) is 1.43. The molecule has 1 aliphatic rings. The van der Waals surface area contributed by atoms with E-state index in [-0.39, 0.29) is 0 Å². The van der Waals surface area contributed by atoms with Crippen molar-refractivity contribution in [3.63, 3.8) is 0 Å². The molecule has 0 aliphatic carbocycles. The molecule has 1 aromatic carbocycles. The summed E-state index contributed by atoms with van der Waals surface area (Å²) in [5, 5.41) is 3.75. The largest absolute Gasteiger partial charge is 0.310 e. The van der Waals surface area contributed by atoms with Crippen molar-refractivity contribution in [2.75, 3.05) is 19.6 Å². The standard InChI is InChI=1S/C18H30N2/c1-4-12-19-18(17-10-6-5-7-11-17)15(2)14-20-13-8-9-16(20)3/h5-7,10-11,15-16,18-19H,4,8-9,12-14H2,1-3H3. The normalized spacial score (nSPS) is 22.9. The van der Waals surface area contributed by atoms with Crippen LogP contribution in [-0.2, 0) is 0 Å². The summed E-state index contributed by atoms with van der Waals surface area (Å²) in [4.78, 5) is 2.66. The number of hydrogen-bond donors (Lipinski definition) is 1. The van der Waals surface area contributed by atoms with Crippen molar-refractivity contribution in [1.29, 1.82) is 0 Å². The lowest BCUT2D eigenvalue weighted by Crippen LogP contribution is -2.37. The van der Waals surface area contributed by atoms with Crippen molar-refractivity contribution in [3.05, 3.63) is 35.9 Å². The Morgan fingerprint density at radius 3 is 2.65 bits per heavy atom. The lowest BCUT2D eigenvalue weighted by molar-refractivity contribution is 0.206. The van der Waals surface area contributed by atoms with Crippen molar-refractivity contribution < 1.29 is 0 Å². The average molecular weight is 274 g/mol. The third-order valence-electron chi connectivity index (χ3n) is 4.56. The van der Waals surface area contributed by atoms with Gasteiger partial charge in [-0.3, -0.25) is 0 Å². The third-order valence-corrected chi connectivity index (χ3v) is 4.56. The molecular formula is C18H30N2. The van der Waals surface area contributed by atoms with Crippen LogP contribution in [0.15, 0.2) is 30.3 Å². The molecule has 0 bridgehead atoms. The molecule has 2 heteroatoms. The predicted molar refractivity (Wildman–Crippen MR) is 86.9 cm³/mol. The monoisotopic (exact) mass is 274 g/mol. The Morgan fingerprint density at radius 2 is 2.05 bits per heavy atom. The Labute approximate surface area is 124 Å². The van der Waals surface area contributed by atoms with Gasteiger partial charge in [-0.05, 0) is 50.8 Å². The van der Waals surface area contributed by atoms with Crippen molar-refractivity contribution in [1.82, 2.24) is 10.2 Å². The van der Waals surface area contributed by atoms with Gasteiger partial charge in [0.15, 0.2) is 0 Å². The summed E-state index contributed by atoms with van der Waals surface area (Å²) in [6, 6.07) is 12.2. The summed E-state index contributed by atoms with van der Waals surface area (Å²) in [7, 11) is 0. The van der Waals surface area contributed by atoms with Gasteiger partial charge in [0.1, 0.15) is 0 Å². The Hall–Kier alpha value is -0.860. The molecule has 1 saturated heterocycles. The quantitative estimate of drug-likeness (QED) is 0.812. The molecule has 0 radical (unpaired) electrons. The Morgan fingerprint density at radius 1 is 1.30 bits per heavy atom. The molecule has 0 spiro atoms. The van der Waals surface area contributed by atoms with Gasteiger partial charge in [0.05, 0.1) is 0 Å². The van der Waals surface area contributed by atoms with Crippen LogP contribution in [0, 0.1) is 5.92 Å². The highest BCUT2D eigenvalue weighted by atomic mass is 15.2. The maximum absolute atomic E-state index is 3.75. The molecule has 1 aromatic rings. The second-order valence-electron chi connectivity index (χ2n) is 6.31. The van der Waals surface area contributed by atoms with E-state index in [9.17, 15) is 0 Å². The Bertz CT molecular complexity index is 376. The minimum atomic E-state index is 0.476. The first-order chi connectivity index (χ1) is 9.72. The number of benzene rings is 1. The molecule has 20 heavy (non-hydrogen) atoms. The van der Waals surface area contributed by atoms with Gasteiger partial charge in [-0.2, -0.15) is 0 Å². The first kappa shape index (κ1) is 15.5. The van der Waals surface area contributed by atoms with Crippen LogP contribution in [0.5, 0.6) is 0 Å². The summed E-state index contributed by atoms with van der Waals surface area (Å²) >= 11 is 0. The zero-order chi connectivity index (χ0) is 14.4. The molecule has 2 nitrogen and oxygen atoms in total. The van der Waals surface area contributed by atoms with E-state index in [4.69, 9.17) is 0 Å². The van der Waals surface area contributed by atoms with E-state index in [0.29, 0.717) is 12.0 Å². The first-order valence-corrected chi connectivity index (χ1v) is 8.24. The van der Waals surface area contributed by atoms with E-state index in [0.717, 1.165) is 12.6 Å². The highest BCUT2D eigenvalue weighted by Crippen LogP contribution is 2.26. The molecule has 0 amide bonds. The molecule has 3 unspecified atom stereocenters. The zero-order valence-electron chi connectivity index (χ0n) is 13.3. The van der Waals surface area contributed by atoms with Gasteiger partial charge in [0.25, 0.3) is 0 Å². The van der Waals surface area contributed by atoms with Gasteiger partial charge in [-0.25, -0.2) is 0 Å². The fourth-order valence-corrected chi connectivity index (χ4v) is 3.35. The fourth-order valence-electron chi connectivity index (χ4n) is 3.35. The number of rotatable bonds is 7. The van der Waals surface area contributed by atoms with Gasteiger partial charge in [-0.1, -0.05) is 44.2 Å². The molecule has 1 aliphatic heterocycles. The molecule has 2 rings (SSSR count). The molecule has 3 atom stereocenters. The van der Waals surface area contributed by atoms with Crippen LogP contribution in [0.2, 0.25) is 0 Å². The molecule has 112 valence electrons. The second kappa shape index (κ2) is 7.80. The van der Waals surface area contributed by atoms with Crippen LogP contribution >= 0.6 is 0 Å². The molecular weight excluding hydrogens is 244 g/mol. The third kappa shape index (κ3) is 4.07. The van der Waals surface area contributed by atoms with E-state index >= 15 is 0 Å². The highest BCUT2D eigenvalue weighted by Gasteiger charge is 2.26. The maximum atomic E-state index is 3.75. The van der Waals surface area contributed by atoms with Gasteiger partial charge in [-0.15, -0.1) is 0 Å². The van der Waals surface area contributed by atoms with Crippen LogP contribution in [0.25, 0.3) is 0 Å². The smallest absolute Gasteiger partial charge is 0.0358 e. The minimum Gasteiger partial charge on any atom is -0.310 e. The van der Waals surface area contributed by atoms with Crippen molar-refractivity contribution in [2.24, 2.45) is 5.92 Å². The molecule has 1 heterocycles.